The van der Waals surface area contributed by atoms with E-state index in [1.54, 1.807) is 0 Å². The summed E-state index contributed by atoms with van der Waals surface area (Å²) in [6.07, 6.45) is 0.243. The van der Waals surface area contributed by atoms with Crippen LogP contribution in [-0.4, -0.2) is 53.6 Å². The van der Waals surface area contributed by atoms with Crippen molar-refractivity contribution in [2.75, 3.05) is 32.7 Å². The Hall–Kier alpha value is -1.39. The average molecular weight is 290 g/mol. The Labute approximate surface area is 127 Å². The summed E-state index contributed by atoms with van der Waals surface area (Å²) in [7, 11) is 0. The number of nitrogens with zero attached hydrogens (tertiary/aromatic N) is 2. The SMILES string of the molecule is Cc1ccc(C)c(C(C)N2CCN(CCC(=O)O)CC2)c1. The molecule has 0 bridgehead atoms. The van der Waals surface area contributed by atoms with Crippen molar-refractivity contribution >= 4 is 5.97 Å². The van der Waals surface area contributed by atoms with Gasteiger partial charge in [0.2, 0.25) is 0 Å². The van der Waals surface area contributed by atoms with E-state index < -0.39 is 5.97 Å². The molecular formula is C17H26N2O2. The first kappa shape index (κ1) is 16.0. The highest BCUT2D eigenvalue weighted by Gasteiger charge is 2.23. The maximum atomic E-state index is 10.6. The molecule has 1 aliphatic rings. The average Bonchev–Trinajstić information content (AvgIpc) is 2.47. The molecule has 4 heteroatoms. The monoisotopic (exact) mass is 290 g/mol. The topological polar surface area (TPSA) is 43.8 Å². The van der Waals surface area contributed by atoms with Crippen LogP contribution in [0.3, 0.4) is 0 Å². The van der Waals surface area contributed by atoms with Crippen LogP contribution in [0.5, 0.6) is 0 Å². The number of benzene rings is 1. The van der Waals surface area contributed by atoms with Gasteiger partial charge in [-0.1, -0.05) is 23.8 Å². The largest absolute Gasteiger partial charge is 0.481 e. The first-order valence-electron chi connectivity index (χ1n) is 7.72. The maximum Gasteiger partial charge on any atom is 0.304 e. The Morgan fingerprint density at radius 3 is 2.52 bits per heavy atom. The molecule has 0 saturated carbocycles. The van der Waals surface area contributed by atoms with Crippen molar-refractivity contribution in [1.82, 2.24) is 9.80 Å². The minimum absolute atomic E-state index is 0.243. The maximum absolute atomic E-state index is 10.6. The van der Waals surface area contributed by atoms with E-state index in [-0.39, 0.29) is 6.42 Å². The zero-order chi connectivity index (χ0) is 15.4. The van der Waals surface area contributed by atoms with E-state index in [0.29, 0.717) is 12.6 Å². The second kappa shape index (κ2) is 7.05. The van der Waals surface area contributed by atoms with Crippen LogP contribution in [0, 0.1) is 13.8 Å². The molecule has 0 aromatic heterocycles. The lowest BCUT2D eigenvalue weighted by Gasteiger charge is -2.38. The third kappa shape index (κ3) is 4.29. The van der Waals surface area contributed by atoms with E-state index in [2.05, 4.69) is 48.8 Å². The van der Waals surface area contributed by atoms with Gasteiger partial charge in [-0.3, -0.25) is 9.69 Å². The van der Waals surface area contributed by atoms with Gasteiger partial charge < -0.3 is 10.0 Å². The van der Waals surface area contributed by atoms with Crippen LogP contribution in [0.15, 0.2) is 18.2 Å². The van der Waals surface area contributed by atoms with Crippen molar-refractivity contribution < 1.29 is 9.90 Å². The molecule has 1 atom stereocenters. The highest BCUT2D eigenvalue weighted by Crippen LogP contribution is 2.25. The summed E-state index contributed by atoms with van der Waals surface area (Å²) in [5, 5.41) is 8.75. The second-order valence-electron chi connectivity index (χ2n) is 6.06. The summed E-state index contributed by atoms with van der Waals surface area (Å²) in [6.45, 7) is 11.2. The number of carboxylic acids is 1. The number of carbonyl (C=O) groups is 1. The molecule has 21 heavy (non-hydrogen) atoms. The molecule has 116 valence electrons. The lowest BCUT2D eigenvalue weighted by molar-refractivity contribution is -0.137. The Morgan fingerprint density at radius 2 is 1.90 bits per heavy atom. The molecule has 1 unspecified atom stereocenters. The summed E-state index contributed by atoms with van der Waals surface area (Å²) in [4.78, 5) is 15.4. The van der Waals surface area contributed by atoms with E-state index >= 15 is 0 Å². The fourth-order valence-electron chi connectivity index (χ4n) is 3.03. The van der Waals surface area contributed by atoms with Gasteiger partial charge in [-0.05, 0) is 31.9 Å². The predicted octanol–water partition coefficient (Wildman–Crippen LogP) is 2.46. The van der Waals surface area contributed by atoms with Crippen LogP contribution in [-0.2, 0) is 4.79 Å². The molecule has 4 nitrogen and oxygen atoms in total. The van der Waals surface area contributed by atoms with E-state index in [4.69, 9.17) is 5.11 Å². The lowest BCUT2D eigenvalue weighted by atomic mass is 9.98. The van der Waals surface area contributed by atoms with Crippen molar-refractivity contribution in [2.24, 2.45) is 0 Å². The van der Waals surface area contributed by atoms with Gasteiger partial charge in [0.05, 0.1) is 6.42 Å². The van der Waals surface area contributed by atoms with Crippen LogP contribution in [0.25, 0.3) is 0 Å². The number of carboxylic acid groups (broad SMARTS) is 1. The standard InChI is InChI=1S/C17H26N2O2/c1-13-4-5-14(2)16(12-13)15(3)19-10-8-18(9-11-19)7-6-17(20)21/h4-5,12,15H,6-11H2,1-3H3,(H,20,21). The Bertz CT molecular complexity index is 494. The van der Waals surface area contributed by atoms with Gasteiger partial charge in [-0.25, -0.2) is 0 Å². The van der Waals surface area contributed by atoms with Crippen LogP contribution in [0.4, 0.5) is 0 Å². The molecule has 1 saturated heterocycles. The first-order chi connectivity index (χ1) is 9.97. The zero-order valence-corrected chi connectivity index (χ0v) is 13.3. The highest BCUT2D eigenvalue weighted by molar-refractivity contribution is 5.66. The van der Waals surface area contributed by atoms with Crippen molar-refractivity contribution in [3.63, 3.8) is 0 Å². The number of rotatable bonds is 5. The fraction of sp³-hybridized carbons (Fsp3) is 0.588. The molecule has 1 aliphatic heterocycles. The van der Waals surface area contributed by atoms with E-state index in [0.717, 1.165) is 26.2 Å². The van der Waals surface area contributed by atoms with E-state index in [1.165, 1.54) is 16.7 Å². The predicted molar refractivity (Wildman–Crippen MR) is 84.6 cm³/mol. The van der Waals surface area contributed by atoms with Gasteiger partial charge in [0.1, 0.15) is 0 Å². The molecule has 0 aliphatic carbocycles. The van der Waals surface area contributed by atoms with Gasteiger partial charge in [-0.15, -0.1) is 0 Å². The number of piperazine rings is 1. The highest BCUT2D eigenvalue weighted by atomic mass is 16.4. The Morgan fingerprint density at radius 1 is 1.24 bits per heavy atom. The summed E-state index contributed by atoms with van der Waals surface area (Å²) in [5.74, 6) is -0.707. The third-order valence-corrected chi connectivity index (χ3v) is 4.48. The summed E-state index contributed by atoms with van der Waals surface area (Å²) >= 11 is 0. The second-order valence-corrected chi connectivity index (χ2v) is 6.06. The van der Waals surface area contributed by atoms with E-state index in [9.17, 15) is 4.79 Å². The summed E-state index contributed by atoms with van der Waals surface area (Å²) < 4.78 is 0. The summed E-state index contributed by atoms with van der Waals surface area (Å²) in [5.41, 5.74) is 4.07. The molecule has 1 aromatic carbocycles. The molecule has 1 heterocycles. The van der Waals surface area contributed by atoms with E-state index in [1.807, 2.05) is 0 Å². The molecule has 1 fully saturated rings. The minimum Gasteiger partial charge on any atom is -0.481 e. The van der Waals surface area contributed by atoms with Crippen LogP contribution in [0.1, 0.15) is 36.1 Å². The van der Waals surface area contributed by atoms with Gasteiger partial charge in [0, 0.05) is 38.8 Å². The third-order valence-electron chi connectivity index (χ3n) is 4.48. The van der Waals surface area contributed by atoms with Crippen molar-refractivity contribution in [3.8, 4) is 0 Å². The summed E-state index contributed by atoms with van der Waals surface area (Å²) in [6, 6.07) is 7.07. The van der Waals surface area contributed by atoms with Crippen molar-refractivity contribution in [3.05, 3.63) is 34.9 Å². The normalized spacial score (nSPS) is 18.6. The van der Waals surface area contributed by atoms with Gasteiger partial charge in [0.15, 0.2) is 0 Å². The van der Waals surface area contributed by atoms with Crippen LogP contribution < -0.4 is 0 Å². The molecule has 1 N–H and O–H groups in total. The quantitative estimate of drug-likeness (QED) is 0.904. The van der Waals surface area contributed by atoms with Gasteiger partial charge in [-0.2, -0.15) is 0 Å². The fourth-order valence-corrected chi connectivity index (χ4v) is 3.03. The minimum atomic E-state index is -0.707. The Balaban J connectivity index is 1.92. The molecular weight excluding hydrogens is 264 g/mol. The number of aryl methyl sites for hydroxylation is 2. The number of aliphatic carboxylic acids is 1. The Kier molecular flexibility index (Phi) is 5.37. The van der Waals surface area contributed by atoms with Gasteiger partial charge >= 0.3 is 5.97 Å². The molecule has 2 rings (SSSR count). The zero-order valence-electron chi connectivity index (χ0n) is 13.3. The van der Waals surface area contributed by atoms with Crippen LogP contribution in [0.2, 0.25) is 0 Å². The smallest absolute Gasteiger partial charge is 0.304 e. The number of hydrogen-bond acceptors (Lipinski definition) is 3. The lowest BCUT2D eigenvalue weighted by Crippen LogP contribution is -2.47. The van der Waals surface area contributed by atoms with Crippen molar-refractivity contribution in [1.29, 1.82) is 0 Å². The number of hydrogen-bond donors (Lipinski definition) is 1. The first-order valence-corrected chi connectivity index (χ1v) is 7.72. The van der Waals surface area contributed by atoms with Gasteiger partial charge in [0.25, 0.3) is 0 Å². The molecule has 0 radical (unpaired) electrons. The molecule has 1 aromatic rings. The van der Waals surface area contributed by atoms with Crippen molar-refractivity contribution in [2.45, 2.75) is 33.2 Å². The van der Waals surface area contributed by atoms with Crippen LogP contribution >= 0.6 is 0 Å². The molecule has 0 spiro atoms. The molecule has 0 amide bonds.